The summed E-state index contributed by atoms with van der Waals surface area (Å²) < 4.78 is 22.4. The number of hydrogen-bond donors (Lipinski definition) is 0. The van der Waals surface area contributed by atoms with Gasteiger partial charge in [0.05, 0.1) is 0 Å². The molecule has 1 atom stereocenters. The van der Waals surface area contributed by atoms with Gasteiger partial charge in [0.1, 0.15) is 11.4 Å². The first-order chi connectivity index (χ1) is 11.7. The molecule has 0 radical (unpaired) electrons. The zero-order chi connectivity index (χ0) is 19.5. The number of rotatable bonds is 12. The lowest BCUT2D eigenvalue weighted by atomic mass is 10.1. The van der Waals surface area contributed by atoms with E-state index in [2.05, 4.69) is 32.9 Å². The van der Waals surface area contributed by atoms with Crippen molar-refractivity contribution >= 4 is 13.4 Å². The number of Topliss-reactive ketones (excluding diaryl/α,β-unsaturated/α-hetero) is 1. The maximum Gasteiger partial charge on any atom is 0.340 e. The van der Waals surface area contributed by atoms with Gasteiger partial charge in [-0.3, -0.25) is 9.36 Å². The van der Waals surface area contributed by atoms with Crippen LogP contribution in [0.1, 0.15) is 66.7 Å². The minimum absolute atomic E-state index is 0.175. The zero-order valence-corrected chi connectivity index (χ0v) is 17.8. The first-order valence-corrected chi connectivity index (χ1v) is 10.4. The molecule has 0 aliphatic rings. The Kier molecular flexibility index (Phi) is 11.9. The molecule has 0 aromatic carbocycles. The molecule has 0 heterocycles. The summed E-state index contributed by atoms with van der Waals surface area (Å²) in [6.07, 6.45) is 11.0. The van der Waals surface area contributed by atoms with E-state index in [-0.39, 0.29) is 5.78 Å². The lowest BCUT2D eigenvalue weighted by Crippen LogP contribution is -2.19. The maximum absolute atomic E-state index is 12.4. The number of carbonyl (C=O) groups excluding carboxylic acids is 1. The van der Waals surface area contributed by atoms with Crippen LogP contribution < -0.4 is 0 Å². The third-order valence-electron chi connectivity index (χ3n) is 4.17. The van der Waals surface area contributed by atoms with E-state index < -0.39 is 13.3 Å². The molecule has 0 aliphatic heterocycles. The summed E-state index contributed by atoms with van der Waals surface area (Å²) >= 11 is 0. The van der Waals surface area contributed by atoms with Gasteiger partial charge in [-0.2, -0.15) is 0 Å². The van der Waals surface area contributed by atoms with Gasteiger partial charge in [0.25, 0.3) is 0 Å². The molecule has 0 amide bonds. The molecule has 0 spiro atoms. The molecular weight excluding hydrogens is 335 g/mol. The van der Waals surface area contributed by atoms with E-state index in [9.17, 15) is 9.36 Å². The van der Waals surface area contributed by atoms with E-state index >= 15 is 0 Å². The van der Waals surface area contributed by atoms with Crippen LogP contribution in [0.4, 0.5) is 0 Å². The third kappa shape index (κ3) is 9.94. The molecule has 0 N–H and O–H groups in total. The van der Waals surface area contributed by atoms with E-state index in [1.54, 1.807) is 0 Å². The molecule has 0 rings (SSSR count). The normalized spacial score (nSPS) is 14.4. The molecule has 144 valence electrons. The lowest BCUT2D eigenvalue weighted by molar-refractivity contribution is -0.116. The number of allylic oxidation sites excluding steroid dienone is 6. The summed E-state index contributed by atoms with van der Waals surface area (Å²) in [5.74, 6) is -0.175. The molecular formula is C20H35O4P. The van der Waals surface area contributed by atoms with Gasteiger partial charge in [-0.15, -0.1) is 0 Å². The van der Waals surface area contributed by atoms with E-state index in [0.717, 1.165) is 25.7 Å². The first kappa shape index (κ1) is 24.0. The van der Waals surface area contributed by atoms with E-state index in [1.165, 1.54) is 37.9 Å². The van der Waals surface area contributed by atoms with Gasteiger partial charge < -0.3 is 9.05 Å². The fraction of sp³-hybridized carbons (Fsp3) is 0.650. The highest BCUT2D eigenvalue weighted by atomic mass is 31.2. The Morgan fingerprint density at radius 1 is 0.880 bits per heavy atom. The SMILES string of the molecule is COP(=O)(OC)C(C/C=C(\C)CC/C=C(\C)CCC=C(C)C)C(C)=O. The van der Waals surface area contributed by atoms with Crippen LogP contribution in [-0.4, -0.2) is 25.7 Å². The molecule has 4 nitrogen and oxygen atoms in total. The summed E-state index contributed by atoms with van der Waals surface area (Å²) in [4.78, 5) is 11.8. The molecule has 0 saturated carbocycles. The largest absolute Gasteiger partial charge is 0.340 e. The van der Waals surface area contributed by atoms with Crippen LogP contribution in [0.25, 0.3) is 0 Å². The average molecular weight is 370 g/mol. The van der Waals surface area contributed by atoms with Gasteiger partial charge in [0, 0.05) is 14.2 Å². The van der Waals surface area contributed by atoms with Crippen LogP contribution in [0.2, 0.25) is 0 Å². The quantitative estimate of drug-likeness (QED) is 0.301. The molecule has 1 unspecified atom stereocenters. The van der Waals surface area contributed by atoms with Crippen molar-refractivity contribution in [2.75, 3.05) is 14.2 Å². The van der Waals surface area contributed by atoms with Crippen LogP contribution >= 0.6 is 7.60 Å². The number of hydrogen-bond acceptors (Lipinski definition) is 4. The predicted molar refractivity (Wildman–Crippen MR) is 106 cm³/mol. The molecule has 25 heavy (non-hydrogen) atoms. The number of carbonyl (C=O) groups is 1. The predicted octanol–water partition coefficient (Wildman–Crippen LogP) is 6.24. The monoisotopic (exact) mass is 370 g/mol. The molecule has 0 aromatic rings. The van der Waals surface area contributed by atoms with Crippen molar-refractivity contribution in [3.63, 3.8) is 0 Å². The summed E-state index contributed by atoms with van der Waals surface area (Å²) in [5.41, 5.74) is 3.20. The molecule has 0 saturated heterocycles. The second-order valence-corrected chi connectivity index (χ2v) is 9.16. The van der Waals surface area contributed by atoms with Crippen molar-refractivity contribution in [3.8, 4) is 0 Å². The van der Waals surface area contributed by atoms with Crippen LogP contribution in [0.3, 0.4) is 0 Å². The summed E-state index contributed by atoms with van der Waals surface area (Å²) in [6, 6.07) is 0. The lowest BCUT2D eigenvalue weighted by Gasteiger charge is -2.21. The molecule has 0 aliphatic carbocycles. The first-order valence-electron chi connectivity index (χ1n) is 8.82. The van der Waals surface area contributed by atoms with E-state index in [4.69, 9.17) is 9.05 Å². The second kappa shape index (κ2) is 12.4. The van der Waals surface area contributed by atoms with Gasteiger partial charge in [-0.05, 0) is 66.7 Å². The van der Waals surface area contributed by atoms with Crippen molar-refractivity contribution in [3.05, 3.63) is 34.9 Å². The Hall–Kier alpha value is -0.960. The van der Waals surface area contributed by atoms with Crippen molar-refractivity contribution in [1.29, 1.82) is 0 Å². The van der Waals surface area contributed by atoms with Crippen LogP contribution in [0.5, 0.6) is 0 Å². The van der Waals surface area contributed by atoms with Gasteiger partial charge in [0.15, 0.2) is 0 Å². The van der Waals surface area contributed by atoms with Crippen LogP contribution in [-0.2, 0) is 18.4 Å². The molecule has 0 aromatic heterocycles. The minimum Gasteiger partial charge on any atom is -0.311 e. The highest BCUT2D eigenvalue weighted by Gasteiger charge is 2.36. The Balaban J connectivity index is 4.59. The Morgan fingerprint density at radius 3 is 1.80 bits per heavy atom. The fourth-order valence-electron chi connectivity index (χ4n) is 2.50. The van der Waals surface area contributed by atoms with Gasteiger partial charge in [-0.1, -0.05) is 34.9 Å². The Morgan fingerprint density at radius 2 is 1.36 bits per heavy atom. The van der Waals surface area contributed by atoms with E-state index in [0.29, 0.717) is 6.42 Å². The Labute approximate surface area is 153 Å². The average Bonchev–Trinajstić information content (AvgIpc) is 2.53. The van der Waals surface area contributed by atoms with Gasteiger partial charge >= 0.3 is 7.60 Å². The molecule has 5 heteroatoms. The van der Waals surface area contributed by atoms with Crippen molar-refractivity contribution in [1.82, 2.24) is 0 Å². The van der Waals surface area contributed by atoms with Gasteiger partial charge in [-0.25, -0.2) is 0 Å². The second-order valence-electron chi connectivity index (χ2n) is 6.73. The van der Waals surface area contributed by atoms with Gasteiger partial charge in [0.2, 0.25) is 0 Å². The van der Waals surface area contributed by atoms with Crippen molar-refractivity contribution < 1.29 is 18.4 Å². The summed E-state index contributed by atoms with van der Waals surface area (Å²) in [7, 11) is -0.739. The maximum atomic E-state index is 12.4. The summed E-state index contributed by atoms with van der Waals surface area (Å²) in [6.45, 7) is 9.86. The van der Waals surface area contributed by atoms with Crippen LogP contribution in [0.15, 0.2) is 34.9 Å². The molecule has 0 fully saturated rings. The zero-order valence-electron chi connectivity index (χ0n) is 16.9. The third-order valence-corrected chi connectivity index (χ3v) is 6.53. The highest BCUT2D eigenvalue weighted by molar-refractivity contribution is 7.55. The highest BCUT2D eigenvalue weighted by Crippen LogP contribution is 2.53. The standard InChI is InChI=1S/C20H35O4P/c1-16(2)10-8-11-17(3)12-9-13-18(4)14-15-20(19(5)21)25(22,23-6)24-7/h10,12,14,20H,8-9,11,13,15H2,1-7H3/b17-12+,18-14+. The fourth-order valence-corrected chi connectivity index (χ4v) is 3.97. The topological polar surface area (TPSA) is 52.6 Å². The smallest absolute Gasteiger partial charge is 0.311 e. The Bertz CT molecular complexity index is 546. The number of ketones is 1. The minimum atomic E-state index is -3.38. The van der Waals surface area contributed by atoms with Crippen LogP contribution in [0, 0.1) is 0 Å². The molecule has 0 bridgehead atoms. The summed E-state index contributed by atoms with van der Waals surface area (Å²) in [5, 5.41) is 0. The van der Waals surface area contributed by atoms with E-state index in [1.807, 2.05) is 13.0 Å². The van der Waals surface area contributed by atoms with Crippen molar-refractivity contribution in [2.24, 2.45) is 0 Å². The van der Waals surface area contributed by atoms with Crippen molar-refractivity contribution in [2.45, 2.75) is 72.4 Å².